The van der Waals surface area contributed by atoms with E-state index in [1.807, 2.05) is 42.6 Å². The molecule has 3 rings (SSSR count). The van der Waals surface area contributed by atoms with Crippen LogP contribution in [0.3, 0.4) is 0 Å². The van der Waals surface area contributed by atoms with Crippen molar-refractivity contribution >= 4 is 16.7 Å². The van der Waals surface area contributed by atoms with Crippen LogP contribution in [0.25, 0.3) is 10.9 Å². The minimum absolute atomic E-state index is 0.716. The molecule has 0 amide bonds. The maximum absolute atomic E-state index is 9.09. The van der Waals surface area contributed by atoms with E-state index in [0.29, 0.717) is 5.56 Å². The van der Waals surface area contributed by atoms with Gasteiger partial charge in [-0.3, -0.25) is 0 Å². The highest BCUT2D eigenvalue weighted by atomic mass is 15.2. The van der Waals surface area contributed by atoms with Crippen molar-refractivity contribution in [1.82, 2.24) is 14.9 Å². The second kappa shape index (κ2) is 8.50. The zero-order valence-corrected chi connectivity index (χ0v) is 15.4. The summed E-state index contributed by atoms with van der Waals surface area (Å²) in [6.45, 7) is 2.99. The molecule has 0 bridgehead atoms. The SMILES string of the molecule is CN(CCCc1c[nH]c2ccc(C#N)cc12)CCN(C)c1ccccn1. The largest absolute Gasteiger partial charge is 0.361 e. The fourth-order valence-corrected chi connectivity index (χ4v) is 3.12. The average molecular weight is 347 g/mol. The van der Waals surface area contributed by atoms with E-state index < -0.39 is 0 Å². The van der Waals surface area contributed by atoms with E-state index in [-0.39, 0.29) is 0 Å². The van der Waals surface area contributed by atoms with Gasteiger partial charge in [0.05, 0.1) is 11.6 Å². The Bertz CT molecular complexity index is 878. The number of nitrogens with one attached hydrogen (secondary N) is 1. The van der Waals surface area contributed by atoms with Crippen molar-refractivity contribution in [2.24, 2.45) is 0 Å². The van der Waals surface area contributed by atoms with Gasteiger partial charge in [0.25, 0.3) is 0 Å². The molecule has 134 valence electrons. The Hall–Kier alpha value is -2.84. The molecular formula is C21H25N5. The van der Waals surface area contributed by atoms with Crippen LogP contribution in [-0.2, 0) is 6.42 Å². The number of nitrogens with zero attached hydrogens (tertiary/aromatic N) is 4. The van der Waals surface area contributed by atoms with Crippen LogP contribution in [0.1, 0.15) is 17.5 Å². The minimum Gasteiger partial charge on any atom is -0.361 e. The van der Waals surface area contributed by atoms with Gasteiger partial charge in [-0.25, -0.2) is 4.98 Å². The zero-order chi connectivity index (χ0) is 18.4. The van der Waals surface area contributed by atoms with Crippen LogP contribution in [0, 0.1) is 11.3 Å². The van der Waals surface area contributed by atoms with E-state index in [9.17, 15) is 0 Å². The normalized spacial score (nSPS) is 11.0. The lowest BCUT2D eigenvalue weighted by Gasteiger charge is -2.22. The fraction of sp³-hybridized carbons (Fsp3) is 0.333. The molecule has 0 saturated carbocycles. The Morgan fingerprint density at radius 2 is 2.00 bits per heavy atom. The van der Waals surface area contributed by atoms with Crippen LogP contribution < -0.4 is 4.90 Å². The number of H-pyrrole nitrogens is 1. The fourth-order valence-electron chi connectivity index (χ4n) is 3.12. The number of rotatable bonds is 8. The number of fused-ring (bicyclic) bond motifs is 1. The molecule has 0 spiro atoms. The predicted molar refractivity (Wildman–Crippen MR) is 106 cm³/mol. The maximum Gasteiger partial charge on any atom is 0.128 e. The van der Waals surface area contributed by atoms with E-state index >= 15 is 0 Å². The lowest BCUT2D eigenvalue weighted by molar-refractivity contribution is 0.336. The van der Waals surface area contributed by atoms with E-state index in [2.05, 4.69) is 46.1 Å². The smallest absolute Gasteiger partial charge is 0.128 e. The van der Waals surface area contributed by atoms with Gasteiger partial charge < -0.3 is 14.8 Å². The molecule has 1 N–H and O–H groups in total. The number of anilines is 1. The number of aromatic amines is 1. The number of benzene rings is 1. The maximum atomic E-state index is 9.09. The Balaban J connectivity index is 1.47. The third-order valence-electron chi connectivity index (χ3n) is 4.74. The predicted octanol–water partition coefficient (Wildman–Crippen LogP) is 3.44. The third-order valence-corrected chi connectivity index (χ3v) is 4.74. The van der Waals surface area contributed by atoms with Crippen LogP contribution in [0.15, 0.2) is 48.8 Å². The van der Waals surface area contributed by atoms with Gasteiger partial charge in [0, 0.05) is 43.4 Å². The number of pyridine rings is 1. The first-order valence-electron chi connectivity index (χ1n) is 8.98. The third kappa shape index (κ3) is 4.41. The van der Waals surface area contributed by atoms with Crippen molar-refractivity contribution in [3.8, 4) is 6.07 Å². The molecule has 1 aromatic carbocycles. The summed E-state index contributed by atoms with van der Waals surface area (Å²) in [4.78, 5) is 12.2. The van der Waals surface area contributed by atoms with Crippen molar-refractivity contribution in [3.05, 3.63) is 59.9 Å². The number of aromatic nitrogens is 2. The van der Waals surface area contributed by atoms with Gasteiger partial charge in [-0.05, 0) is 62.3 Å². The number of aryl methyl sites for hydroxylation is 1. The summed E-state index contributed by atoms with van der Waals surface area (Å²) in [5, 5.41) is 10.3. The molecule has 5 nitrogen and oxygen atoms in total. The van der Waals surface area contributed by atoms with Gasteiger partial charge in [-0.1, -0.05) is 6.07 Å². The summed E-state index contributed by atoms with van der Waals surface area (Å²) in [6, 6.07) is 14.0. The minimum atomic E-state index is 0.716. The monoisotopic (exact) mass is 347 g/mol. The van der Waals surface area contributed by atoms with Crippen molar-refractivity contribution in [1.29, 1.82) is 5.26 Å². The summed E-state index contributed by atoms with van der Waals surface area (Å²) in [6.07, 6.45) is 6.00. The second-order valence-electron chi connectivity index (χ2n) is 6.70. The summed E-state index contributed by atoms with van der Waals surface area (Å²) >= 11 is 0. The topological polar surface area (TPSA) is 59.0 Å². The lowest BCUT2D eigenvalue weighted by atomic mass is 10.1. The molecule has 0 aliphatic heterocycles. The molecule has 2 aromatic heterocycles. The van der Waals surface area contributed by atoms with Gasteiger partial charge >= 0.3 is 0 Å². The molecule has 0 unspecified atom stereocenters. The lowest BCUT2D eigenvalue weighted by Crippen LogP contribution is -2.31. The highest BCUT2D eigenvalue weighted by molar-refractivity contribution is 5.84. The molecule has 0 saturated heterocycles. The molecule has 0 aliphatic rings. The number of nitriles is 1. The summed E-state index contributed by atoms with van der Waals surface area (Å²) in [7, 11) is 4.24. The summed E-state index contributed by atoms with van der Waals surface area (Å²) in [5.41, 5.74) is 3.11. The molecule has 26 heavy (non-hydrogen) atoms. The first-order valence-corrected chi connectivity index (χ1v) is 8.98. The van der Waals surface area contributed by atoms with Crippen LogP contribution in [0.5, 0.6) is 0 Å². The van der Waals surface area contributed by atoms with Gasteiger partial charge in [0.2, 0.25) is 0 Å². The van der Waals surface area contributed by atoms with E-state index in [0.717, 1.165) is 43.8 Å². The molecular weight excluding hydrogens is 322 g/mol. The van der Waals surface area contributed by atoms with E-state index in [1.165, 1.54) is 10.9 Å². The zero-order valence-electron chi connectivity index (χ0n) is 15.4. The van der Waals surface area contributed by atoms with Crippen LogP contribution >= 0.6 is 0 Å². The van der Waals surface area contributed by atoms with Gasteiger partial charge in [0.15, 0.2) is 0 Å². The van der Waals surface area contributed by atoms with Crippen LogP contribution in [0.4, 0.5) is 5.82 Å². The standard InChI is InChI=1S/C21H25N5/c1-25(12-13-26(2)21-7-3-4-10-23-21)11-5-6-18-16-24-20-9-8-17(15-22)14-19(18)20/h3-4,7-10,14,16,24H,5-6,11-13H2,1-2H3. The quantitative estimate of drug-likeness (QED) is 0.678. The Kier molecular flexibility index (Phi) is 5.88. The number of hydrogen-bond donors (Lipinski definition) is 1. The van der Waals surface area contributed by atoms with Gasteiger partial charge in [0.1, 0.15) is 5.82 Å². The summed E-state index contributed by atoms with van der Waals surface area (Å²) < 4.78 is 0. The Morgan fingerprint density at radius 3 is 2.77 bits per heavy atom. The Labute approximate surface area is 154 Å². The van der Waals surface area contributed by atoms with Gasteiger partial charge in [-0.2, -0.15) is 5.26 Å². The molecule has 0 atom stereocenters. The number of hydrogen-bond acceptors (Lipinski definition) is 4. The highest BCUT2D eigenvalue weighted by Crippen LogP contribution is 2.21. The Morgan fingerprint density at radius 1 is 1.12 bits per heavy atom. The molecule has 0 radical (unpaired) electrons. The first-order chi connectivity index (χ1) is 12.7. The highest BCUT2D eigenvalue weighted by Gasteiger charge is 2.07. The second-order valence-corrected chi connectivity index (χ2v) is 6.70. The molecule has 0 fully saturated rings. The van der Waals surface area contributed by atoms with E-state index in [1.54, 1.807) is 0 Å². The van der Waals surface area contributed by atoms with Crippen molar-refractivity contribution in [2.75, 3.05) is 38.6 Å². The van der Waals surface area contributed by atoms with Crippen LogP contribution in [-0.4, -0.2) is 48.6 Å². The number of likely N-dealkylation sites (N-methyl/N-ethyl adjacent to an activating group) is 2. The van der Waals surface area contributed by atoms with Gasteiger partial charge in [-0.15, -0.1) is 0 Å². The first kappa shape index (κ1) is 18.0. The van der Waals surface area contributed by atoms with Crippen LogP contribution in [0.2, 0.25) is 0 Å². The van der Waals surface area contributed by atoms with Crippen molar-refractivity contribution in [3.63, 3.8) is 0 Å². The van der Waals surface area contributed by atoms with Crippen molar-refractivity contribution < 1.29 is 0 Å². The molecule has 5 heteroatoms. The molecule has 3 aromatic rings. The van der Waals surface area contributed by atoms with E-state index in [4.69, 9.17) is 5.26 Å². The molecule has 0 aliphatic carbocycles. The summed E-state index contributed by atoms with van der Waals surface area (Å²) in [5.74, 6) is 1.01. The molecule has 2 heterocycles. The average Bonchev–Trinajstić information content (AvgIpc) is 3.09. The van der Waals surface area contributed by atoms with Crippen molar-refractivity contribution in [2.45, 2.75) is 12.8 Å².